The molecule has 2 atom stereocenters. The van der Waals surface area contributed by atoms with Gasteiger partial charge in [-0.1, -0.05) is 32.9 Å². The van der Waals surface area contributed by atoms with Crippen LogP contribution in [0, 0.1) is 5.92 Å². The summed E-state index contributed by atoms with van der Waals surface area (Å²) in [6.45, 7) is 17.3. The number of anilines is 3. The molecule has 0 radical (unpaired) electrons. The molecule has 13 nitrogen and oxygen atoms in total. The van der Waals surface area contributed by atoms with E-state index in [1.807, 2.05) is 24.6 Å². The monoisotopic (exact) mass is 734 g/mol. The van der Waals surface area contributed by atoms with Gasteiger partial charge in [0.1, 0.15) is 5.39 Å². The molecule has 1 aliphatic carbocycles. The molecule has 54 heavy (non-hydrogen) atoms. The number of aryl methyl sites for hydroxylation is 1. The van der Waals surface area contributed by atoms with E-state index in [1.165, 1.54) is 11.3 Å². The number of fused-ring (bicyclic) bond motifs is 2. The predicted molar refractivity (Wildman–Crippen MR) is 213 cm³/mol. The number of piperazine rings is 1. The highest BCUT2D eigenvalue weighted by atomic mass is 16.2. The molecule has 3 saturated heterocycles. The van der Waals surface area contributed by atoms with Gasteiger partial charge in [-0.25, -0.2) is 19.3 Å². The van der Waals surface area contributed by atoms with Crippen LogP contribution in [-0.2, 0) is 22.6 Å². The third-order valence-corrected chi connectivity index (χ3v) is 11.5. The highest BCUT2D eigenvalue weighted by Gasteiger charge is 2.34. The number of nitrogens with zero attached hydrogens (tertiary/aromatic N) is 8. The smallest absolute Gasteiger partial charge is 0.278 e. The second-order valence-electron chi connectivity index (χ2n) is 14.7. The van der Waals surface area contributed by atoms with E-state index in [0.29, 0.717) is 54.0 Å². The first-order valence-electron chi connectivity index (χ1n) is 19.9. The molecular formula is C41H54N10O3. The maximum atomic E-state index is 13.5. The Bertz CT molecular complexity index is 2020. The highest BCUT2D eigenvalue weighted by molar-refractivity contribution is 6.00. The molecule has 6 heterocycles. The van der Waals surface area contributed by atoms with Gasteiger partial charge in [-0.2, -0.15) is 4.98 Å². The van der Waals surface area contributed by atoms with Crippen LogP contribution in [0.25, 0.3) is 16.9 Å². The molecule has 4 aromatic rings. The molecule has 4 aliphatic rings. The van der Waals surface area contributed by atoms with Gasteiger partial charge in [-0.3, -0.25) is 29.5 Å². The number of likely N-dealkylation sites (tertiary alicyclic amines) is 1. The number of pyridine rings is 1. The Hall–Kier alpha value is -4.88. The number of carbonyl (C=O) groups is 2. The van der Waals surface area contributed by atoms with Crippen LogP contribution in [-0.4, -0.2) is 97.8 Å². The Kier molecular flexibility index (Phi) is 11.5. The zero-order valence-electron chi connectivity index (χ0n) is 32.0. The first kappa shape index (κ1) is 37.4. The number of aromatic nitrogens is 5. The standard InChI is InChI=1S/C39H48N10O3.C2H6/c1-3-17-48-38(52)31-24-40-39(44-36(31)49(48)33-13-7-28-6-5-27(4-2)35(28)42-33)41-29-8-10-30(11-9-29)46-22-20-45(21-23-46)25-26-15-18-47(19-16-26)32-12-14-34(50)43-37(32)51;1-2/h3,7-11,13,24,26-27,32H,1,4-6,12,14-23,25H2,2H3,(H,40,41,44)(H,43,50,51);1-2H3. The molecule has 3 fully saturated rings. The maximum Gasteiger partial charge on any atom is 0.278 e. The Morgan fingerprint density at radius 3 is 2.37 bits per heavy atom. The average molecular weight is 735 g/mol. The molecule has 286 valence electrons. The van der Waals surface area contributed by atoms with Gasteiger partial charge in [0.25, 0.3) is 5.56 Å². The first-order valence-corrected chi connectivity index (χ1v) is 19.9. The summed E-state index contributed by atoms with van der Waals surface area (Å²) in [5.74, 6) is 1.88. The third-order valence-electron chi connectivity index (χ3n) is 11.5. The van der Waals surface area contributed by atoms with E-state index < -0.39 is 0 Å². The van der Waals surface area contributed by atoms with Crippen LogP contribution in [0.1, 0.15) is 76.5 Å². The normalized spacial score (nSPS) is 21.1. The fourth-order valence-corrected chi connectivity index (χ4v) is 8.56. The van der Waals surface area contributed by atoms with E-state index in [9.17, 15) is 14.4 Å². The fraction of sp³-hybridized carbons (Fsp3) is 0.512. The lowest BCUT2D eigenvalue weighted by molar-refractivity contribution is -0.138. The molecule has 3 aromatic heterocycles. The van der Waals surface area contributed by atoms with Crippen molar-refractivity contribution in [1.29, 1.82) is 0 Å². The van der Waals surface area contributed by atoms with Crippen molar-refractivity contribution < 1.29 is 9.59 Å². The van der Waals surface area contributed by atoms with Gasteiger partial charge >= 0.3 is 0 Å². The summed E-state index contributed by atoms with van der Waals surface area (Å²) < 4.78 is 3.44. The summed E-state index contributed by atoms with van der Waals surface area (Å²) >= 11 is 0. The lowest BCUT2D eigenvalue weighted by atomic mass is 9.93. The van der Waals surface area contributed by atoms with Crippen molar-refractivity contribution in [3.05, 3.63) is 76.9 Å². The molecule has 8 rings (SSSR count). The quantitative estimate of drug-likeness (QED) is 0.169. The molecule has 2 N–H and O–H groups in total. The van der Waals surface area contributed by atoms with Crippen LogP contribution < -0.4 is 21.1 Å². The van der Waals surface area contributed by atoms with E-state index in [4.69, 9.17) is 9.97 Å². The molecule has 13 heteroatoms. The molecule has 2 unspecified atom stereocenters. The minimum Gasteiger partial charge on any atom is -0.369 e. The number of hydrogen-bond acceptors (Lipinski definition) is 10. The second kappa shape index (κ2) is 16.6. The van der Waals surface area contributed by atoms with Crippen LogP contribution >= 0.6 is 0 Å². The number of rotatable bonds is 10. The third kappa shape index (κ3) is 7.70. The number of piperidine rings is 2. The van der Waals surface area contributed by atoms with E-state index >= 15 is 0 Å². The summed E-state index contributed by atoms with van der Waals surface area (Å²) in [6.07, 6.45) is 9.75. The first-order chi connectivity index (χ1) is 26.4. The van der Waals surface area contributed by atoms with Crippen molar-refractivity contribution in [2.24, 2.45) is 5.92 Å². The number of nitrogens with one attached hydrogen (secondary N) is 2. The van der Waals surface area contributed by atoms with Crippen LogP contribution in [0.5, 0.6) is 0 Å². The molecule has 2 amide bonds. The van der Waals surface area contributed by atoms with Crippen molar-refractivity contribution in [1.82, 2.24) is 39.4 Å². The Labute approximate surface area is 317 Å². The number of imide groups is 1. The second-order valence-corrected chi connectivity index (χ2v) is 14.7. The van der Waals surface area contributed by atoms with Crippen molar-refractivity contribution in [3.8, 4) is 5.82 Å². The lowest BCUT2D eigenvalue weighted by Crippen LogP contribution is -2.55. The predicted octanol–water partition coefficient (Wildman–Crippen LogP) is 5.01. The number of hydrogen-bond donors (Lipinski definition) is 2. The lowest BCUT2D eigenvalue weighted by Gasteiger charge is -2.41. The number of carbonyl (C=O) groups excluding carboxylic acids is 2. The molecule has 0 bridgehead atoms. The Balaban J connectivity index is 0.00000221. The average Bonchev–Trinajstić information content (AvgIpc) is 3.74. The van der Waals surface area contributed by atoms with Gasteiger partial charge in [-0.05, 0) is 93.4 Å². The van der Waals surface area contributed by atoms with Gasteiger partial charge in [-0.15, -0.1) is 6.58 Å². The summed E-state index contributed by atoms with van der Waals surface area (Å²) in [4.78, 5) is 59.0. The fourth-order valence-electron chi connectivity index (χ4n) is 8.56. The van der Waals surface area contributed by atoms with Gasteiger partial charge in [0.2, 0.25) is 17.8 Å². The zero-order valence-corrected chi connectivity index (χ0v) is 32.0. The SMILES string of the molecule is C=CCn1c(=O)c2cnc(Nc3ccc(N4CCN(CC5CCN(C6CCC(=O)NC6=O)CC5)CC4)cc3)nc2n1-c1ccc2c(n1)C(CC)CC2.CC. The number of benzene rings is 1. The maximum absolute atomic E-state index is 13.5. The van der Waals surface area contributed by atoms with Gasteiger partial charge in [0.15, 0.2) is 11.5 Å². The van der Waals surface area contributed by atoms with E-state index in [0.717, 1.165) is 89.3 Å². The van der Waals surface area contributed by atoms with Crippen molar-refractivity contribution in [2.75, 3.05) is 56.0 Å². The molecule has 0 saturated carbocycles. The van der Waals surface area contributed by atoms with Gasteiger partial charge in [0, 0.05) is 68.3 Å². The summed E-state index contributed by atoms with van der Waals surface area (Å²) in [6, 6.07) is 12.3. The molecule has 0 spiro atoms. The summed E-state index contributed by atoms with van der Waals surface area (Å²) in [5, 5.41) is 6.29. The minimum absolute atomic E-state index is 0.125. The largest absolute Gasteiger partial charge is 0.369 e. The molecule has 1 aromatic carbocycles. The van der Waals surface area contributed by atoms with Crippen LogP contribution in [0.4, 0.5) is 17.3 Å². The Morgan fingerprint density at radius 2 is 1.67 bits per heavy atom. The van der Waals surface area contributed by atoms with E-state index in [1.54, 1.807) is 17.0 Å². The van der Waals surface area contributed by atoms with Crippen LogP contribution in [0.3, 0.4) is 0 Å². The minimum atomic E-state index is -0.171. The van der Waals surface area contributed by atoms with Crippen molar-refractivity contribution in [2.45, 2.75) is 84.2 Å². The molecular weight excluding hydrogens is 681 g/mol. The highest BCUT2D eigenvalue weighted by Crippen LogP contribution is 2.35. The van der Waals surface area contributed by atoms with Gasteiger partial charge in [0.05, 0.1) is 12.6 Å². The molecule has 3 aliphatic heterocycles. The summed E-state index contributed by atoms with van der Waals surface area (Å²) in [7, 11) is 0. The van der Waals surface area contributed by atoms with Crippen molar-refractivity contribution >= 4 is 40.2 Å². The van der Waals surface area contributed by atoms with Gasteiger partial charge < -0.3 is 10.2 Å². The van der Waals surface area contributed by atoms with E-state index in [2.05, 4.69) is 74.2 Å². The van der Waals surface area contributed by atoms with E-state index in [-0.39, 0.29) is 23.4 Å². The number of allylic oxidation sites excluding steroid dienone is 1. The zero-order chi connectivity index (χ0) is 37.8. The van der Waals surface area contributed by atoms with Crippen LogP contribution in [0.2, 0.25) is 0 Å². The number of amides is 2. The van der Waals surface area contributed by atoms with Crippen molar-refractivity contribution in [3.63, 3.8) is 0 Å². The Morgan fingerprint density at radius 1 is 0.907 bits per heavy atom. The topological polar surface area (TPSA) is 134 Å². The van der Waals surface area contributed by atoms with Crippen LogP contribution in [0.15, 0.2) is 60.0 Å². The summed E-state index contributed by atoms with van der Waals surface area (Å²) in [5.41, 5.74) is 4.80.